The monoisotopic (exact) mass is 216 g/mol. The quantitative estimate of drug-likeness (QED) is 0.602. The molecule has 0 spiro atoms. The summed E-state index contributed by atoms with van der Waals surface area (Å²) in [5.41, 5.74) is -1.21. The van der Waals surface area contributed by atoms with Gasteiger partial charge in [-0.05, 0) is 6.92 Å². The van der Waals surface area contributed by atoms with E-state index in [-0.39, 0.29) is 12.6 Å². The van der Waals surface area contributed by atoms with E-state index in [4.69, 9.17) is 4.74 Å². The SMILES string of the molecule is C[C@]1(F)CCN(C(=O)N2CCOCC2)C1. The van der Waals surface area contributed by atoms with Gasteiger partial charge in [0.05, 0.1) is 19.8 Å². The van der Waals surface area contributed by atoms with E-state index >= 15 is 0 Å². The second kappa shape index (κ2) is 3.96. The maximum atomic E-state index is 13.6. The van der Waals surface area contributed by atoms with Crippen LogP contribution in [0.25, 0.3) is 0 Å². The maximum absolute atomic E-state index is 13.6. The number of rotatable bonds is 0. The molecule has 0 aromatic carbocycles. The fraction of sp³-hybridized carbons (Fsp3) is 0.900. The third kappa shape index (κ3) is 2.40. The molecule has 5 heteroatoms. The van der Waals surface area contributed by atoms with Crippen molar-refractivity contribution in [2.45, 2.75) is 19.0 Å². The van der Waals surface area contributed by atoms with Crippen molar-refractivity contribution in [3.05, 3.63) is 0 Å². The van der Waals surface area contributed by atoms with Crippen molar-refractivity contribution < 1.29 is 13.9 Å². The Bertz CT molecular complexity index is 252. The smallest absolute Gasteiger partial charge is 0.320 e. The van der Waals surface area contributed by atoms with Gasteiger partial charge in [0.1, 0.15) is 5.67 Å². The molecule has 2 aliphatic heterocycles. The fourth-order valence-electron chi connectivity index (χ4n) is 2.04. The van der Waals surface area contributed by atoms with Gasteiger partial charge in [0, 0.05) is 26.1 Å². The number of morpholine rings is 1. The van der Waals surface area contributed by atoms with E-state index in [1.807, 2.05) is 0 Å². The van der Waals surface area contributed by atoms with Crippen LogP contribution in [0.15, 0.2) is 0 Å². The number of carbonyl (C=O) groups excluding carboxylic acids is 1. The molecule has 0 radical (unpaired) electrons. The zero-order valence-corrected chi connectivity index (χ0v) is 9.04. The average Bonchev–Trinajstić information content (AvgIpc) is 2.59. The number of carbonyl (C=O) groups is 1. The fourth-order valence-corrected chi connectivity index (χ4v) is 2.04. The van der Waals surface area contributed by atoms with Crippen molar-refractivity contribution in [1.29, 1.82) is 0 Å². The standard InChI is InChI=1S/C10H17FN2O2/c1-10(11)2-3-13(8-10)9(14)12-4-6-15-7-5-12/h2-8H2,1H3/t10-/m0/s1. The summed E-state index contributed by atoms with van der Waals surface area (Å²) >= 11 is 0. The summed E-state index contributed by atoms with van der Waals surface area (Å²) in [5.74, 6) is 0. The Hall–Kier alpha value is -0.840. The molecular formula is C10H17FN2O2. The van der Waals surface area contributed by atoms with Crippen molar-refractivity contribution in [3.8, 4) is 0 Å². The summed E-state index contributed by atoms with van der Waals surface area (Å²) in [6.07, 6.45) is 0.448. The van der Waals surface area contributed by atoms with Gasteiger partial charge in [-0.1, -0.05) is 0 Å². The Morgan fingerprint density at radius 3 is 2.47 bits per heavy atom. The molecule has 2 heterocycles. The lowest BCUT2D eigenvalue weighted by atomic mass is 10.1. The van der Waals surface area contributed by atoms with Crippen LogP contribution in [0.1, 0.15) is 13.3 Å². The minimum atomic E-state index is -1.21. The third-order valence-corrected chi connectivity index (χ3v) is 2.98. The van der Waals surface area contributed by atoms with Gasteiger partial charge in [-0.3, -0.25) is 0 Å². The number of hydrogen-bond acceptors (Lipinski definition) is 2. The van der Waals surface area contributed by atoms with Crippen LogP contribution in [-0.4, -0.2) is 60.9 Å². The van der Waals surface area contributed by atoms with Crippen molar-refractivity contribution >= 4 is 6.03 Å². The predicted octanol–water partition coefficient (Wildman–Crippen LogP) is 0.873. The minimum Gasteiger partial charge on any atom is -0.378 e. The summed E-state index contributed by atoms with van der Waals surface area (Å²) < 4.78 is 18.7. The highest BCUT2D eigenvalue weighted by molar-refractivity contribution is 5.75. The molecule has 0 N–H and O–H groups in total. The molecule has 2 saturated heterocycles. The highest BCUT2D eigenvalue weighted by atomic mass is 19.1. The number of urea groups is 1. The van der Waals surface area contributed by atoms with Crippen LogP contribution < -0.4 is 0 Å². The second-order valence-electron chi connectivity index (χ2n) is 4.47. The number of likely N-dealkylation sites (tertiary alicyclic amines) is 1. The molecule has 2 fully saturated rings. The summed E-state index contributed by atoms with van der Waals surface area (Å²) in [6.45, 7) is 4.74. The number of hydrogen-bond donors (Lipinski definition) is 0. The van der Waals surface area contributed by atoms with Crippen LogP contribution >= 0.6 is 0 Å². The number of nitrogens with zero attached hydrogens (tertiary/aromatic N) is 2. The summed E-state index contributed by atoms with van der Waals surface area (Å²) in [7, 11) is 0. The van der Waals surface area contributed by atoms with Crippen LogP contribution in [0.2, 0.25) is 0 Å². The Labute approximate surface area is 89.0 Å². The van der Waals surface area contributed by atoms with E-state index in [9.17, 15) is 9.18 Å². The Kier molecular flexibility index (Phi) is 2.82. The van der Waals surface area contributed by atoms with Crippen molar-refractivity contribution in [1.82, 2.24) is 9.80 Å². The van der Waals surface area contributed by atoms with Gasteiger partial charge in [-0.25, -0.2) is 9.18 Å². The number of alkyl halides is 1. The number of amides is 2. The topological polar surface area (TPSA) is 32.8 Å². The minimum absolute atomic E-state index is 0.0420. The number of halogens is 1. The molecule has 86 valence electrons. The first-order chi connectivity index (χ1) is 7.08. The van der Waals surface area contributed by atoms with Crippen molar-refractivity contribution in [2.75, 3.05) is 39.4 Å². The Morgan fingerprint density at radius 2 is 1.93 bits per heavy atom. The lowest BCUT2D eigenvalue weighted by Gasteiger charge is -2.31. The molecule has 0 saturated carbocycles. The molecule has 2 amide bonds. The lowest BCUT2D eigenvalue weighted by molar-refractivity contribution is 0.0439. The normalized spacial score (nSPS) is 32.1. The molecule has 0 unspecified atom stereocenters. The van der Waals surface area contributed by atoms with E-state index in [1.165, 1.54) is 0 Å². The van der Waals surface area contributed by atoms with Gasteiger partial charge < -0.3 is 14.5 Å². The first kappa shape index (κ1) is 10.7. The summed E-state index contributed by atoms with van der Waals surface area (Å²) in [6, 6.07) is -0.0420. The first-order valence-corrected chi connectivity index (χ1v) is 5.39. The van der Waals surface area contributed by atoms with Crippen LogP contribution in [0.3, 0.4) is 0 Å². The summed E-state index contributed by atoms with van der Waals surface area (Å²) in [5, 5.41) is 0. The largest absolute Gasteiger partial charge is 0.378 e. The molecule has 4 nitrogen and oxygen atoms in total. The molecule has 2 aliphatic rings. The van der Waals surface area contributed by atoms with Crippen LogP contribution in [0.4, 0.5) is 9.18 Å². The van der Waals surface area contributed by atoms with Crippen LogP contribution in [0.5, 0.6) is 0 Å². The van der Waals surface area contributed by atoms with Crippen LogP contribution in [0, 0.1) is 0 Å². The van der Waals surface area contributed by atoms with E-state index in [1.54, 1.807) is 16.7 Å². The van der Waals surface area contributed by atoms with Gasteiger partial charge in [-0.2, -0.15) is 0 Å². The average molecular weight is 216 g/mol. The molecule has 2 rings (SSSR count). The highest BCUT2D eigenvalue weighted by Crippen LogP contribution is 2.25. The van der Waals surface area contributed by atoms with Crippen molar-refractivity contribution in [2.24, 2.45) is 0 Å². The molecule has 15 heavy (non-hydrogen) atoms. The van der Waals surface area contributed by atoms with Gasteiger partial charge in [-0.15, -0.1) is 0 Å². The van der Waals surface area contributed by atoms with E-state index in [0.29, 0.717) is 39.3 Å². The second-order valence-corrected chi connectivity index (χ2v) is 4.47. The van der Waals surface area contributed by atoms with Crippen LogP contribution in [-0.2, 0) is 4.74 Å². The first-order valence-electron chi connectivity index (χ1n) is 5.39. The zero-order chi connectivity index (χ0) is 10.9. The zero-order valence-electron chi connectivity index (χ0n) is 9.04. The van der Waals surface area contributed by atoms with E-state index in [0.717, 1.165) is 0 Å². The van der Waals surface area contributed by atoms with Gasteiger partial charge in [0.25, 0.3) is 0 Å². The lowest BCUT2D eigenvalue weighted by Crippen LogP contribution is -2.48. The molecular weight excluding hydrogens is 199 g/mol. The van der Waals surface area contributed by atoms with Gasteiger partial charge >= 0.3 is 6.03 Å². The van der Waals surface area contributed by atoms with E-state index in [2.05, 4.69) is 0 Å². The summed E-state index contributed by atoms with van der Waals surface area (Å²) in [4.78, 5) is 15.3. The molecule has 1 atom stereocenters. The third-order valence-electron chi connectivity index (χ3n) is 2.98. The number of ether oxygens (including phenoxy) is 1. The Morgan fingerprint density at radius 1 is 1.27 bits per heavy atom. The van der Waals surface area contributed by atoms with Crippen molar-refractivity contribution in [3.63, 3.8) is 0 Å². The molecule has 0 aliphatic carbocycles. The highest BCUT2D eigenvalue weighted by Gasteiger charge is 2.37. The Balaban J connectivity index is 1.90. The maximum Gasteiger partial charge on any atom is 0.320 e. The molecule has 0 aromatic heterocycles. The van der Waals surface area contributed by atoms with Gasteiger partial charge in [0.2, 0.25) is 0 Å². The van der Waals surface area contributed by atoms with Gasteiger partial charge in [0.15, 0.2) is 0 Å². The predicted molar refractivity (Wildman–Crippen MR) is 53.5 cm³/mol. The molecule has 0 aromatic rings. The van der Waals surface area contributed by atoms with E-state index < -0.39 is 5.67 Å². The molecule has 0 bridgehead atoms.